The molecule has 0 aliphatic rings. The highest BCUT2D eigenvalue weighted by molar-refractivity contribution is 9.10. The van der Waals surface area contributed by atoms with E-state index in [1.54, 1.807) is 73.8 Å². The van der Waals surface area contributed by atoms with Gasteiger partial charge in [-0.05, 0) is 126 Å². The molecule has 0 aliphatic carbocycles. The minimum atomic E-state index is -3.94. The van der Waals surface area contributed by atoms with Gasteiger partial charge in [-0.3, -0.25) is 78.6 Å². The standard InChI is InChI=1S/C83H83BrF2N16O8/c1-110-81(108)75(44-59-41-63(48-101(54-70-24-6-14-34-91-70)55-71-25-7-15-35-92-71)78(105)64(42-59)49-102(56-72-26-8-16-36-93-72)57-73-27-9-17-37-94-73)97-76(103)29-38-95-80(107)74(98-79(106)60-19-18-28-65(45-60)96-82(109)83(84,85)86)43-58-39-61(46-99(50-66-20-2-10-30-87-66)51-67-21-3-11-31-88-67)77(104)62(40-58)47-100(52-68-22-4-12-32-89-68)53-69-23-5-13-33-90-69/h2-28,30-37,39-42,45,74-75,104-105H,29,38,43-44,46-57H2,1H3,(H,95,107)(H,96,109)(H,97,103)(H,98,106)/t74-,75-/m0/s1. The van der Waals surface area contributed by atoms with Crippen LogP contribution in [-0.2, 0) is 115 Å². The molecule has 0 unspecified atom stereocenters. The molecule has 0 saturated carbocycles. The number of pyridine rings is 8. The molecule has 3 aromatic carbocycles. The number of nitrogens with one attached hydrogen (secondary N) is 4. The molecule has 11 rings (SSSR count). The van der Waals surface area contributed by atoms with Gasteiger partial charge >= 0.3 is 16.7 Å². The number of amides is 4. The Hall–Kier alpha value is -12.0. The van der Waals surface area contributed by atoms with Gasteiger partial charge in [0.05, 0.1) is 52.7 Å². The van der Waals surface area contributed by atoms with Crippen LogP contribution in [-0.4, -0.2) is 130 Å². The van der Waals surface area contributed by atoms with Crippen molar-refractivity contribution in [2.75, 3.05) is 19.0 Å². The van der Waals surface area contributed by atoms with Gasteiger partial charge in [-0.2, -0.15) is 8.78 Å². The third-order valence-corrected chi connectivity index (χ3v) is 18.1. The first-order valence-electron chi connectivity index (χ1n) is 35.6. The summed E-state index contributed by atoms with van der Waals surface area (Å²) in [6.45, 7) is 3.23. The molecule has 0 saturated heterocycles. The lowest BCUT2D eigenvalue weighted by atomic mass is 9.97. The number of nitrogens with zero attached hydrogens (tertiary/aromatic N) is 12. The number of ether oxygens (including phenoxy) is 1. The number of phenols is 2. The summed E-state index contributed by atoms with van der Waals surface area (Å²) in [6.07, 6.45) is 13.0. The first-order valence-corrected chi connectivity index (χ1v) is 36.4. The number of aromatic hydroxyl groups is 2. The maximum Gasteiger partial charge on any atom is 0.378 e. The fourth-order valence-corrected chi connectivity index (χ4v) is 12.8. The van der Waals surface area contributed by atoms with Crippen molar-refractivity contribution in [2.24, 2.45) is 0 Å². The van der Waals surface area contributed by atoms with E-state index >= 15 is 4.79 Å². The largest absolute Gasteiger partial charge is 0.507 e. The topological polar surface area (TPSA) is 299 Å². The number of alkyl halides is 3. The lowest BCUT2D eigenvalue weighted by molar-refractivity contribution is -0.145. The summed E-state index contributed by atoms with van der Waals surface area (Å²) in [5, 5.41) is 35.8. The molecule has 11 aromatic rings. The van der Waals surface area contributed by atoms with Crippen molar-refractivity contribution in [2.45, 2.75) is 115 Å². The number of carbonyl (C=O) groups is 5. The second-order valence-electron chi connectivity index (χ2n) is 26.3. The van der Waals surface area contributed by atoms with E-state index in [1.807, 2.05) is 146 Å². The third-order valence-electron chi connectivity index (χ3n) is 17.7. The maximum atomic E-state index is 15.1. The predicted octanol–water partition coefficient (Wildman–Crippen LogP) is 10.7. The number of benzene rings is 3. The molecule has 0 fully saturated rings. The monoisotopic (exact) mass is 1550 g/mol. The summed E-state index contributed by atoms with van der Waals surface area (Å²) in [4.78, 5) is 112. The minimum Gasteiger partial charge on any atom is -0.507 e. The van der Waals surface area contributed by atoms with Crippen molar-refractivity contribution in [1.29, 1.82) is 0 Å². The highest BCUT2D eigenvalue weighted by Crippen LogP contribution is 2.33. The summed E-state index contributed by atoms with van der Waals surface area (Å²) in [5.74, 6) is -4.71. The number of anilines is 1. The number of methoxy groups -OCH3 is 1. The van der Waals surface area contributed by atoms with Gasteiger partial charge in [0.15, 0.2) is 0 Å². The highest BCUT2D eigenvalue weighted by Gasteiger charge is 2.35. The summed E-state index contributed by atoms with van der Waals surface area (Å²) < 4.78 is 33.5. The van der Waals surface area contributed by atoms with E-state index in [2.05, 4.69) is 96.7 Å². The Morgan fingerprint density at radius 1 is 0.427 bits per heavy atom. The van der Waals surface area contributed by atoms with Crippen LogP contribution in [0.4, 0.5) is 14.5 Å². The van der Waals surface area contributed by atoms with Gasteiger partial charge in [-0.1, -0.05) is 78.9 Å². The van der Waals surface area contributed by atoms with Crippen LogP contribution in [0.15, 0.2) is 244 Å². The molecule has 24 nitrogen and oxygen atoms in total. The molecule has 2 atom stereocenters. The molecule has 0 aliphatic heterocycles. The van der Waals surface area contributed by atoms with E-state index in [1.165, 1.54) is 31.4 Å². The highest BCUT2D eigenvalue weighted by atomic mass is 79.9. The van der Waals surface area contributed by atoms with Crippen LogP contribution < -0.4 is 21.3 Å². The van der Waals surface area contributed by atoms with E-state index in [9.17, 15) is 38.2 Å². The zero-order valence-electron chi connectivity index (χ0n) is 60.4. The fourth-order valence-electron chi connectivity index (χ4n) is 12.7. The summed E-state index contributed by atoms with van der Waals surface area (Å²) >= 11 is 2.08. The molecule has 110 heavy (non-hydrogen) atoms. The SMILES string of the molecule is COC(=O)[C@H](Cc1cc(CN(Cc2ccccn2)Cc2ccccn2)c(O)c(CN(Cc2ccccn2)Cc2ccccn2)c1)NC(=O)CCNC(=O)[C@H](Cc1cc(CN(Cc2ccccn2)Cc2ccccn2)c(O)c(CN(Cc2ccccn2)Cc2ccccn2)c1)NC(=O)c1cccc(NC(=O)C(F)(F)Br)c1. The van der Waals surface area contributed by atoms with Crippen molar-refractivity contribution in [3.63, 3.8) is 0 Å². The van der Waals surface area contributed by atoms with Crippen LogP contribution in [0.2, 0.25) is 0 Å². The minimum absolute atomic E-state index is 0.0161. The maximum absolute atomic E-state index is 15.1. The molecule has 27 heteroatoms. The number of aromatic nitrogens is 8. The van der Waals surface area contributed by atoms with Crippen molar-refractivity contribution < 1.29 is 47.7 Å². The molecule has 564 valence electrons. The van der Waals surface area contributed by atoms with E-state index in [-0.39, 0.29) is 74.7 Å². The van der Waals surface area contributed by atoms with E-state index in [4.69, 9.17) is 4.74 Å². The molecule has 8 aromatic heterocycles. The zero-order valence-corrected chi connectivity index (χ0v) is 62.0. The molecule has 8 heterocycles. The zero-order chi connectivity index (χ0) is 77.0. The molecule has 0 radical (unpaired) electrons. The van der Waals surface area contributed by atoms with Crippen LogP contribution in [0, 0.1) is 0 Å². The van der Waals surface area contributed by atoms with Crippen LogP contribution in [0.25, 0.3) is 0 Å². The molecule has 6 N–H and O–H groups in total. The predicted molar refractivity (Wildman–Crippen MR) is 411 cm³/mol. The van der Waals surface area contributed by atoms with Crippen molar-refractivity contribution in [3.8, 4) is 11.5 Å². The number of hydrogen-bond donors (Lipinski definition) is 6. The number of carbonyl (C=O) groups excluding carboxylic acids is 5. The first kappa shape index (κ1) is 79.0. The van der Waals surface area contributed by atoms with Gasteiger partial charge in [-0.25, -0.2) is 4.79 Å². The van der Waals surface area contributed by atoms with Crippen LogP contribution >= 0.6 is 15.9 Å². The van der Waals surface area contributed by atoms with Gasteiger partial charge in [-0.15, -0.1) is 0 Å². The summed E-state index contributed by atoms with van der Waals surface area (Å²) in [7, 11) is 1.21. The van der Waals surface area contributed by atoms with Gasteiger partial charge in [0.1, 0.15) is 23.6 Å². The lowest BCUT2D eigenvalue weighted by Gasteiger charge is -2.26. The normalized spacial score (nSPS) is 12.0. The van der Waals surface area contributed by atoms with Gasteiger partial charge < -0.3 is 36.2 Å². The lowest BCUT2D eigenvalue weighted by Crippen LogP contribution is -2.49. The fraction of sp³-hybridized carbons (Fsp3) is 0.241. The molecule has 4 amide bonds. The summed E-state index contributed by atoms with van der Waals surface area (Å²) in [5.41, 5.74) is 8.87. The Kier molecular flexibility index (Phi) is 28.5. The number of phenolic OH excluding ortho intramolecular Hbond substituents is 2. The molecular weight excluding hydrogens is 1470 g/mol. The van der Waals surface area contributed by atoms with Gasteiger partial charge in [0.25, 0.3) is 5.91 Å². The molecule has 0 bridgehead atoms. The number of halogens is 3. The average Bonchev–Trinajstić information content (AvgIpc) is 0.811. The van der Waals surface area contributed by atoms with Crippen LogP contribution in [0.3, 0.4) is 0 Å². The van der Waals surface area contributed by atoms with Crippen LogP contribution in [0.1, 0.15) is 95.7 Å². The van der Waals surface area contributed by atoms with E-state index in [0.29, 0.717) is 85.7 Å². The van der Waals surface area contributed by atoms with E-state index in [0.717, 1.165) is 45.6 Å². The van der Waals surface area contributed by atoms with Gasteiger partial charge in [0, 0.05) is 203 Å². The quantitative estimate of drug-likeness (QED) is 0.0155. The van der Waals surface area contributed by atoms with Gasteiger partial charge in [0.2, 0.25) is 11.8 Å². The van der Waals surface area contributed by atoms with Crippen molar-refractivity contribution in [1.82, 2.24) is 75.4 Å². The van der Waals surface area contributed by atoms with Crippen molar-refractivity contribution >= 4 is 51.2 Å². The Morgan fingerprint density at radius 3 is 1.04 bits per heavy atom. The Morgan fingerprint density at radius 2 is 0.745 bits per heavy atom. The van der Waals surface area contributed by atoms with Crippen molar-refractivity contribution in [3.05, 3.63) is 328 Å². The third kappa shape index (κ3) is 24.5. The summed E-state index contributed by atoms with van der Waals surface area (Å²) in [6, 6.07) is 54.7. The molecular formula is C83H83BrF2N16O8. The Bertz CT molecular complexity index is 4410. The second kappa shape index (κ2) is 39.7. The number of esters is 1. The van der Waals surface area contributed by atoms with Crippen LogP contribution in [0.5, 0.6) is 11.5 Å². The number of rotatable bonds is 38. The Balaban J connectivity index is 0.892. The average molecular weight is 1550 g/mol. The first-order chi connectivity index (χ1) is 53.4. The smallest absolute Gasteiger partial charge is 0.378 e. The second-order valence-corrected chi connectivity index (χ2v) is 27.3. The van der Waals surface area contributed by atoms with E-state index < -0.39 is 46.5 Å². The molecule has 0 spiro atoms. The number of hydrogen-bond acceptors (Lipinski definition) is 20. The Labute approximate surface area is 644 Å².